The van der Waals surface area contributed by atoms with Gasteiger partial charge in [-0.25, -0.2) is 4.98 Å². The molecule has 1 aliphatic heterocycles. The van der Waals surface area contributed by atoms with Gasteiger partial charge >= 0.3 is 0 Å². The van der Waals surface area contributed by atoms with Crippen LogP contribution in [-0.2, 0) is 0 Å². The third kappa shape index (κ3) is 3.89. The topological polar surface area (TPSA) is 81.0 Å². The lowest BCUT2D eigenvalue weighted by Crippen LogP contribution is -2.35. The zero-order valence-electron chi connectivity index (χ0n) is 16.0. The number of nitro groups is 1. The fourth-order valence-corrected chi connectivity index (χ4v) is 3.37. The summed E-state index contributed by atoms with van der Waals surface area (Å²) in [5, 5.41) is 11.0. The van der Waals surface area contributed by atoms with Gasteiger partial charge in [0.25, 0.3) is 5.69 Å². The molecule has 1 atom stereocenters. The molecule has 1 saturated heterocycles. The molecule has 0 amide bonds. The number of likely N-dealkylation sites (N-methyl/N-ethyl adjacent to an activating group) is 1. The molecule has 1 unspecified atom stereocenters. The molecule has 1 fully saturated rings. The number of pyridine rings is 1. The molecule has 1 aliphatic rings. The van der Waals surface area contributed by atoms with Crippen molar-refractivity contribution in [2.24, 2.45) is 0 Å². The highest BCUT2D eigenvalue weighted by Crippen LogP contribution is 2.32. The number of ether oxygens (including phenoxy) is 2. The lowest BCUT2D eigenvalue weighted by molar-refractivity contribution is -0.385. The van der Waals surface area contributed by atoms with Crippen LogP contribution >= 0.6 is 0 Å². The lowest BCUT2D eigenvalue weighted by Gasteiger charge is -2.27. The monoisotopic (exact) mass is 372 g/mol. The number of nitrogens with zero attached hydrogens (tertiary/aromatic N) is 4. The van der Waals surface area contributed by atoms with Gasteiger partial charge in [0.2, 0.25) is 0 Å². The van der Waals surface area contributed by atoms with Crippen molar-refractivity contribution >= 4 is 17.2 Å². The number of hydrogen-bond donors (Lipinski definition) is 0. The molecule has 0 aliphatic carbocycles. The summed E-state index contributed by atoms with van der Waals surface area (Å²) < 4.78 is 10.7. The van der Waals surface area contributed by atoms with E-state index in [1.807, 2.05) is 25.2 Å². The Balaban J connectivity index is 1.76. The van der Waals surface area contributed by atoms with Crippen LogP contribution in [0.3, 0.4) is 0 Å². The van der Waals surface area contributed by atoms with Crippen LogP contribution < -0.4 is 19.3 Å². The van der Waals surface area contributed by atoms with Gasteiger partial charge < -0.3 is 19.3 Å². The molecule has 144 valence electrons. The molecule has 2 heterocycles. The summed E-state index contributed by atoms with van der Waals surface area (Å²) in [7, 11) is 5.26. The molecule has 0 spiro atoms. The molecule has 1 aromatic carbocycles. The molecular weight excluding hydrogens is 348 g/mol. The van der Waals surface area contributed by atoms with Crippen LogP contribution in [0.25, 0.3) is 0 Å². The summed E-state index contributed by atoms with van der Waals surface area (Å²) in [6.07, 6.45) is 2.30. The van der Waals surface area contributed by atoms with Crippen LogP contribution in [0.2, 0.25) is 0 Å². The highest BCUT2D eigenvalue weighted by Gasteiger charge is 2.28. The standard InChI is InChI=1S/C19H24N4O4/c1-13-7-19(20-11-18(13)23(24)25)21(2)14-5-6-22(12-14)15-8-16(26-3)10-17(9-15)27-4/h7-11,14H,5-6,12H2,1-4H3. The van der Waals surface area contributed by atoms with E-state index in [-0.39, 0.29) is 11.7 Å². The van der Waals surface area contributed by atoms with Crippen LogP contribution in [0.1, 0.15) is 12.0 Å². The highest BCUT2D eigenvalue weighted by atomic mass is 16.6. The number of aryl methyl sites for hydroxylation is 1. The van der Waals surface area contributed by atoms with Crippen LogP contribution in [0.5, 0.6) is 11.5 Å². The van der Waals surface area contributed by atoms with Crippen LogP contribution in [-0.4, -0.2) is 50.3 Å². The Morgan fingerprint density at radius 1 is 1.22 bits per heavy atom. The van der Waals surface area contributed by atoms with Crippen molar-refractivity contribution in [2.75, 3.05) is 44.2 Å². The van der Waals surface area contributed by atoms with E-state index in [1.165, 1.54) is 6.20 Å². The first-order valence-electron chi connectivity index (χ1n) is 8.74. The first-order chi connectivity index (χ1) is 12.9. The van der Waals surface area contributed by atoms with Crippen molar-refractivity contribution in [3.63, 3.8) is 0 Å². The van der Waals surface area contributed by atoms with Crippen molar-refractivity contribution in [3.8, 4) is 11.5 Å². The third-order valence-electron chi connectivity index (χ3n) is 5.04. The van der Waals surface area contributed by atoms with Crippen molar-refractivity contribution in [1.82, 2.24) is 4.98 Å². The normalized spacial score (nSPS) is 16.3. The van der Waals surface area contributed by atoms with Gasteiger partial charge in [0.05, 0.1) is 19.1 Å². The number of anilines is 2. The van der Waals surface area contributed by atoms with Crippen molar-refractivity contribution in [3.05, 3.63) is 46.1 Å². The fraction of sp³-hybridized carbons (Fsp3) is 0.421. The van der Waals surface area contributed by atoms with Crippen molar-refractivity contribution in [2.45, 2.75) is 19.4 Å². The summed E-state index contributed by atoms with van der Waals surface area (Å²) in [5.74, 6) is 2.26. The predicted octanol–water partition coefficient (Wildman–Crippen LogP) is 3.03. The number of methoxy groups -OCH3 is 2. The minimum Gasteiger partial charge on any atom is -0.497 e. The molecule has 27 heavy (non-hydrogen) atoms. The summed E-state index contributed by atoms with van der Waals surface area (Å²) >= 11 is 0. The minimum absolute atomic E-state index is 0.0451. The van der Waals surface area contributed by atoms with E-state index in [2.05, 4.69) is 14.8 Å². The van der Waals surface area contributed by atoms with Crippen LogP contribution in [0, 0.1) is 17.0 Å². The second-order valence-electron chi connectivity index (χ2n) is 6.66. The highest BCUT2D eigenvalue weighted by molar-refractivity contribution is 5.57. The van der Waals surface area contributed by atoms with E-state index < -0.39 is 4.92 Å². The Hall–Kier alpha value is -3.03. The van der Waals surface area contributed by atoms with Crippen LogP contribution in [0.4, 0.5) is 17.2 Å². The average molecular weight is 372 g/mol. The van der Waals surface area contributed by atoms with E-state index in [4.69, 9.17) is 9.47 Å². The van der Waals surface area contributed by atoms with E-state index in [0.717, 1.165) is 42.5 Å². The summed E-state index contributed by atoms with van der Waals surface area (Å²) in [6, 6.07) is 7.89. The molecule has 0 N–H and O–H groups in total. The van der Waals surface area contributed by atoms with Crippen molar-refractivity contribution in [1.29, 1.82) is 0 Å². The number of rotatable bonds is 6. The maximum absolute atomic E-state index is 11.0. The Morgan fingerprint density at radius 3 is 2.44 bits per heavy atom. The second kappa shape index (κ2) is 7.69. The zero-order chi connectivity index (χ0) is 19.6. The fourth-order valence-electron chi connectivity index (χ4n) is 3.37. The number of hydrogen-bond acceptors (Lipinski definition) is 7. The Labute approximate surface area is 158 Å². The molecule has 0 saturated carbocycles. The van der Waals surface area contributed by atoms with Gasteiger partial charge in [-0.15, -0.1) is 0 Å². The van der Waals surface area contributed by atoms with Gasteiger partial charge in [-0.1, -0.05) is 0 Å². The zero-order valence-corrected chi connectivity index (χ0v) is 16.0. The molecule has 0 bridgehead atoms. The first kappa shape index (κ1) is 18.8. The molecule has 3 rings (SSSR count). The molecule has 1 aromatic heterocycles. The molecule has 8 nitrogen and oxygen atoms in total. The van der Waals surface area contributed by atoms with Gasteiger partial charge in [-0.2, -0.15) is 0 Å². The van der Waals surface area contributed by atoms with Gasteiger partial charge in [0, 0.05) is 55.6 Å². The third-order valence-corrected chi connectivity index (χ3v) is 5.04. The molecule has 2 aromatic rings. The number of benzene rings is 1. The number of aromatic nitrogens is 1. The summed E-state index contributed by atoms with van der Waals surface area (Å²) in [5.41, 5.74) is 1.71. The maximum Gasteiger partial charge on any atom is 0.290 e. The average Bonchev–Trinajstić information content (AvgIpc) is 3.16. The minimum atomic E-state index is -0.403. The SMILES string of the molecule is COc1cc(OC)cc(N2CCC(N(C)c3cc(C)c([N+](=O)[O-])cn3)C2)c1. The largest absolute Gasteiger partial charge is 0.497 e. The maximum atomic E-state index is 11.0. The summed E-state index contributed by atoms with van der Waals surface area (Å²) in [4.78, 5) is 19.2. The van der Waals surface area contributed by atoms with E-state index in [9.17, 15) is 10.1 Å². The lowest BCUT2D eigenvalue weighted by atomic mass is 10.2. The van der Waals surface area contributed by atoms with E-state index >= 15 is 0 Å². The van der Waals surface area contributed by atoms with Crippen LogP contribution in [0.15, 0.2) is 30.5 Å². The van der Waals surface area contributed by atoms with E-state index in [0.29, 0.717) is 5.56 Å². The molecule has 0 radical (unpaired) electrons. The van der Waals surface area contributed by atoms with Gasteiger partial charge in [0.15, 0.2) is 0 Å². The Kier molecular flexibility index (Phi) is 5.34. The quantitative estimate of drug-likeness (QED) is 0.569. The Morgan fingerprint density at radius 2 is 1.89 bits per heavy atom. The van der Waals surface area contributed by atoms with Gasteiger partial charge in [0.1, 0.15) is 23.5 Å². The smallest absolute Gasteiger partial charge is 0.290 e. The van der Waals surface area contributed by atoms with Gasteiger partial charge in [-0.05, 0) is 19.4 Å². The van der Waals surface area contributed by atoms with E-state index in [1.54, 1.807) is 27.2 Å². The Bertz CT molecular complexity index is 820. The molecule has 8 heteroatoms. The first-order valence-corrected chi connectivity index (χ1v) is 8.74. The molecular formula is C19H24N4O4. The second-order valence-corrected chi connectivity index (χ2v) is 6.66. The predicted molar refractivity (Wildman–Crippen MR) is 104 cm³/mol. The van der Waals surface area contributed by atoms with Crippen molar-refractivity contribution < 1.29 is 14.4 Å². The van der Waals surface area contributed by atoms with Gasteiger partial charge in [-0.3, -0.25) is 10.1 Å². The summed E-state index contributed by atoms with van der Waals surface area (Å²) in [6.45, 7) is 3.46.